The van der Waals surface area contributed by atoms with Crippen molar-refractivity contribution >= 4 is 50.8 Å². The van der Waals surface area contributed by atoms with Crippen LogP contribution in [-0.4, -0.2) is 28.2 Å². The predicted octanol–water partition coefficient (Wildman–Crippen LogP) is 5.80. The maximum atomic E-state index is 13.0. The van der Waals surface area contributed by atoms with Crippen molar-refractivity contribution in [2.45, 2.75) is 6.92 Å². The fourth-order valence-corrected chi connectivity index (χ4v) is 4.11. The Labute approximate surface area is 206 Å². The second-order valence-electron chi connectivity index (χ2n) is 7.98. The number of aryl methyl sites for hydroxylation is 1. The zero-order valence-corrected chi connectivity index (χ0v) is 19.8. The van der Waals surface area contributed by atoms with Gasteiger partial charge in [0.2, 0.25) is 5.89 Å². The Morgan fingerprint density at radius 2 is 1.74 bits per heavy atom. The third kappa shape index (κ3) is 4.39. The zero-order valence-electron chi connectivity index (χ0n) is 19.0. The van der Waals surface area contributed by atoms with Gasteiger partial charge < -0.3 is 19.6 Å². The average Bonchev–Trinajstić information content (AvgIpc) is 3.29. The number of ether oxygens (including phenoxy) is 1. The Kier molecular flexibility index (Phi) is 5.80. The van der Waals surface area contributed by atoms with Crippen LogP contribution in [-0.2, 0) is 0 Å². The highest BCUT2D eigenvalue weighted by molar-refractivity contribution is 7.80. The Bertz CT molecular complexity index is 1580. The van der Waals surface area contributed by atoms with Crippen LogP contribution in [0, 0.1) is 6.92 Å². The molecule has 0 unspecified atom stereocenters. The molecule has 0 fully saturated rings. The van der Waals surface area contributed by atoms with Gasteiger partial charge >= 0.3 is 0 Å². The summed E-state index contributed by atoms with van der Waals surface area (Å²) in [5.74, 6) is 0.381. The van der Waals surface area contributed by atoms with E-state index in [0.29, 0.717) is 39.2 Å². The highest BCUT2D eigenvalue weighted by Gasteiger charge is 2.18. The second kappa shape index (κ2) is 9.08. The molecule has 5 rings (SSSR count). The number of oxazole rings is 1. The van der Waals surface area contributed by atoms with Gasteiger partial charge in [0.25, 0.3) is 5.91 Å². The van der Waals surface area contributed by atoms with E-state index in [1.54, 1.807) is 25.1 Å². The van der Waals surface area contributed by atoms with Gasteiger partial charge in [-0.15, -0.1) is 0 Å². The Balaban J connectivity index is 1.39. The summed E-state index contributed by atoms with van der Waals surface area (Å²) in [6, 6.07) is 22.0. The van der Waals surface area contributed by atoms with Gasteiger partial charge in [-0.3, -0.25) is 10.1 Å². The van der Waals surface area contributed by atoms with Crippen LogP contribution in [0.1, 0.15) is 15.9 Å². The molecule has 0 aliphatic heterocycles. The van der Waals surface area contributed by atoms with Crippen LogP contribution in [0.2, 0.25) is 0 Å². The lowest BCUT2D eigenvalue weighted by molar-refractivity contribution is 0.0975. The van der Waals surface area contributed by atoms with E-state index in [4.69, 9.17) is 21.4 Å². The molecule has 0 bridgehead atoms. The molecule has 0 aliphatic carbocycles. The molecule has 0 atom stereocenters. The van der Waals surface area contributed by atoms with E-state index in [2.05, 4.69) is 15.6 Å². The summed E-state index contributed by atoms with van der Waals surface area (Å²) < 4.78 is 11.2. The number of carbonyl (C=O) groups is 1. The van der Waals surface area contributed by atoms with E-state index in [9.17, 15) is 9.90 Å². The van der Waals surface area contributed by atoms with Gasteiger partial charge in [-0.1, -0.05) is 36.4 Å². The number of rotatable bonds is 4. The molecule has 8 heteroatoms. The number of nitrogens with zero attached hydrogens (tertiary/aromatic N) is 1. The van der Waals surface area contributed by atoms with E-state index >= 15 is 0 Å². The molecular weight excluding hydrogens is 462 g/mol. The van der Waals surface area contributed by atoms with Crippen molar-refractivity contribution in [3.05, 3.63) is 83.9 Å². The maximum absolute atomic E-state index is 13.0. The number of aromatic hydroxyl groups is 1. The van der Waals surface area contributed by atoms with E-state index < -0.39 is 5.91 Å². The molecule has 0 radical (unpaired) electrons. The number of carbonyl (C=O) groups excluding carboxylic acids is 1. The topological polar surface area (TPSA) is 96.6 Å². The van der Waals surface area contributed by atoms with Crippen LogP contribution in [0.25, 0.3) is 33.3 Å². The van der Waals surface area contributed by atoms with Crippen molar-refractivity contribution < 1.29 is 19.1 Å². The monoisotopic (exact) mass is 483 g/mol. The highest BCUT2D eigenvalue weighted by Crippen LogP contribution is 2.36. The normalized spacial score (nSPS) is 10.9. The number of phenolic OH excluding ortho intramolecular Hbond substituents is 1. The summed E-state index contributed by atoms with van der Waals surface area (Å²) in [5, 5.41) is 18.3. The number of thiocarbonyl (C=S) groups is 1. The molecule has 0 saturated heterocycles. The van der Waals surface area contributed by atoms with Crippen LogP contribution < -0.4 is 15.4 Å². The minimum Gasteiger partial charge on any atom is -0.507 e. The largest absolute Gasteiger partial charge is 0.507 e. The summed E-state index contributed by atoms with van der Waals surface area (Å²) in [4.78, 5) is 17.5. The number of anilines is 1. The Hall–Kier alpha value is -4.43. The second-order valence-corrected chi connectivity index (χ2v) is 8.39. The standard InChI is InChI=1S/C27H21N3O4S/c1-15-11-18(14-20(24(15)31)26-29-21-9-5-6-10-22(21)34-26)28-27(35)30-25(32)19-12-16-7-3-4-8-17(16)13-23(19)33-2/h3-14,31H,1-2H3,(H2,28,30,32,35). The van der Waals surface area contributed by atoms with Crippen molar-refractivity contribution in [3.8, 4) is 23.0 Å². The third-order valence-electron chi connectivity index (χ3n) is 5.62. The Morgan fingerprint density at radius 3 is 2.49 bits per heavy atom. The lowest BCUT2D eigenvalue weighted by Gasteiger charge is -2.14. The number of nitrogens with one attached hydrogen (secondary N) is 2. The molecule has 1 amide bonds. The molecule has 0 aliphatic rings. The summed E-state index contributed by atoms with van der Waals surface area (Å²) in [6.07, 6.45) is 0. The first-order valence-corrected chi connectivity index (χ1v) is 11.2. The minimum absolute atomic E-state index is 0.0537. The maximum Gasteiger partial charge on any atom is 0.261 e. The van der Waals surface area contributed by atoms with Gasteiger partial charge in [-0.05, 0) is 71.9 Å². The first kappa shape index (κ1) is 22.4. The molecule has 1 aromatic heterocycles. The zero-order chi connectivity index (χ0) is 24.5. The number of methoxy groups -OCH3 is 1. The summed E-state index contributed by atoms with van der Waals surface area (Å²) in [7, 11) is 1.52. The molecule has 7 nitrogen and oxygen atoms in total. The van der Waals surface area contributed by atoms with Gasteiger partial charge in [-0.2, -0.15) is 0 Å². The van der Waals surface area contributed by atoms with E-state index in [-0.39, 0.29) is 16.8 Å². The molecule has 0 saturated carbocycles. The van der Waals surface area contributed by atoms with Crippen LogP contribution in [0.3, 0.4) is 0 Å². The van der Waals surface area contributed by atoms with Crippen LogP contribution in [0.15, 0.2) is 77.2 Å². The first-order valence-electron chi connectivity index (χ1n) is 10.8. The smallest absolute Gasteiger partial charge is 0.261 e. The number of hydrogen-bond donors (Lipinski definition) is 3. The fraction of sp³-hybridized carbons (Fsp3) is 0.0741. The highest BCUT2D eigenvalue weighted by atomic mass is 32.1. The van der Waals surface area contributed by atoms with Crippen LogP contribution in [0.5, 0.6) is 11.5 Å². The van der Waals surface area contributed by atoms with E-state index in [1.807, 2.05) is 54.6 Å². The molecule has 174 valence electrons. The van der Waals surface area contributed by atoms with Crippen molar-refractivity contribution in [3.63, 3.8) is 0 Å². The number of hydrogen-bond acceptors (Lipinski definition) is 6. The molecule has 0 spiro atoms. The average molecular weight is 484 g/mol. The van der Waals surface area contributed by atoms with E-state index in [1.165, 1.54) is 7.11 Å². The lowest BCUT2D eigenvalue weighted by Crippen LogP contribution is -2.34. The quantitative estimate of drug-likeness (QED) is 0.220. The molecule has 4 aromatic carbocycles. The summed E-state index contributed by atoms with van der Waals surface area (Å²) in [5.41, 5.74) is 3.24. The number of amides is 1. The van der Waals surface area contributed by atoms with Crippen LogP contribution in [0.4, 0.5) is 5.69 Å². The first-order chi connectivity index (χ1) is 16.9. The summed E-state index contributed by atoms with van der Waals surface area (Å²) >= 11 is 5.39. The van der Waals surface area contributed by atoms with Crippen molar-refractivity contribution in [2.75, 3.05) is 12.4 Å². The third-order valence-corrected chi connectivity index (χ3v) is 5.83. The van der Waals surface area contributed by atoms with Gasteiger partial charge in [-0.25, -0.2) is 4.98 Å². The summed E-state index contributed by atoms with van der Waals surface area (Å²) in [6.45, 7) is 1.76. The van der Waals surface area contributed by atoms with Gasteiger partial charge in [0.15, 0.2) is 10.7 Å². The SMILES string of the molecule is COc1cc2ccccc2cc1C(=O)NC(=S)Nc1cc(C)c(O)c(-c2nc3ccccc3o2)c1. The molecular formula is C27H21N3O4S. The Morgan fingerprint density at radius 1 is 1.03 bits per heavy atom. The molecule has 5 aromatic rings. The number of aromatic nitrogens is 1. The number of fused-ring (bicyclic) bond motifs is 2. The van der Waals surface area contributed by atoms with Crippen molar-refractivity contribution in [1.82, 2.24) is 10.3 Å². The van der Waals surface area contributed by atoms with Gasteiger partial charge in [0.05, 0.1) is 18.2 Å². The number of phenols is 1. The van der Waals surface area contributed by atoms with Gasteiger partial charge in [0.1, 0.15) is 17.0 Å². The van der Waals surface area contributed by atoms with Crippen molar-refractivity contribution in [1.29, 1.82) is 0 Å². The molecule has 35 heavy (non-hydrogen) atoms. The fourth-order valence-electron chi connectivity index (χ4n) is 3.90. The van der Waals surface area contributed by atoms with Crippen molar-refractivity contribution in [2.24, 2.45) is 0 Å². The van der Waals surface area contributed by atoms with Crippen LogP contribution >= 0.6 is 12.2 Å². The lowest BCUT2D eigenvalue weighted by atomic mass is 10.1. The number of para-hydroxylation sites is 2. The minimum atomic E-state index is -0.403. The van der Waals surface area contributed by atoms with Gasteiger partial charge in [0, 0.05) is 5.69 Å². The predicted molar refractivity (Wildman–Crippen MR) is 140 cm³/mol. The molecule has 3 N–H and O–H groups in total. The number of benzene rings is 4. The molecule has 1 heterocycles. The van der Waals surface area contributed by atoms with E-state index in [0.717, 1.165) is 10.8 Å².